The number of carbonyl (C=O) groups is 1. The van der Waals surface area contributed by atoms with Crippen molar-refractivity contribution in [3.05, 3.63) is 0 Å². The molecule has 1 atom stereocenters. The van der Waals surface area contributed by atoms with Gasteiger partial charge in [0.25, 0.3) is 0 Å². The lowest BCUT2D eigenvalue weighted by Gasteiger charge is -2.38. The Hall–Kier alpha value is -1.15. The second-order valence-electron chi connectivity index (χ2n) is 3.87. The highest BCUT2D eigenvalue weighted by Crippen LogP contribution is 2.37. The first-order chi connectivity index (χ1) is 6.68. The Bertz CT molecular complexity index is 327. The van der Waals surface area contributed by atoms with Crippen molar-refractivity contribution in [3.63, 3.8) is 0 Å². The van der Waals surface area contributed by atoms with Crippen LogP contribution in [0.25, 0.3) is 0 Å². The molecule has 0 radical (unpaired) electrons. The Balaban J connectivity index is 2.32. The minimum Gasteiger partial charge on any atom is -0.355 e. The number of amides is 1. The zero-order valence-corrected chi connectivity index (χ0v) is 8.49. The molecule has 2 rings (SSSR count). The lowest BCUT2D eigenvalue weighted by atomic mass is 9.81. The van der Waals surface area contributed by atoms with Crippen LogP contribution in [0.5, 0.6) is 0 Å². The highest BCUT2D eigenvalue weighted by molar-refractivity contribution is 7.80. The highest BCUT2D eigenvalue weighted by atomic mass is 32.1. The highest BCUT2D eigenvalue weighted by Gasteiger charge is 2.48. The number of nitriles is 1. The summed E-state index contributed by atoms with van der Waals surface area (Å²) in [6, 6.07) is 2.07. The predicted octanol–water partition coefficient (Wildman–Crippen LogP) is 0.443. The monoisotopic (exact) mass is 209 g/mol. The van der Waals surface area contributed by atoms with Gasteiger partial charge < -0.3 is 10.6 Å². The second kappa shape index (κ2) is 3.21. The normalized spacial score (nSPS) is 29.5. The molecule has 2 fully saturated rings. The minimum atomic E-state index is -0.600. The van der Waals surface area contributed by atoms with E-state index in [0.717, 1.165) is 25.7 Å². The van der Waals surface area contributed by atoms with E-state index in [2.05, 4.69) is 16.7 Å². The van der Waals surface area contributed by atoms with Gasteiger partial charge in [-0.05, 0) is 25.1 Å². The topological polar surface area (TPSA) is 64.9 Å². The van der Waals surface area contributed by atoms with Crippen LogP contribution in [-0.4, -0.2) is 16.6 Å². The van der Waals surface area contributed by atoms with Crippen molar-refractivity contribution in [2.24, 2.45) is 5.92 Å². The zero-order chi connectivity index (χ0) is 10.2. The molecule has 0 aromatic rings. The van der Waals surface area contributed by atoms with E-state index in [-0.39, 0.29) is 11.4 Å². The average Bonchev–Trinajstić information content (AvgIpc) is 2.53. The average molecular weight is 209 g/mol. The van der Waals surface area contributed by atoms with Crippen molar-refractivity contribution < 1.29 is 4.79 Å². The van der Waals surface area contributed by atoms with Gasteiger partial charge in [0.15, 0.2) is 5.11 Å². The molecular formula is C9H11N3OS. The van der Waals surface area contributed by atoms with Gasteiger partial charge in [-0.2, -0.15) is 5.26 Å². The SMILES string of the molecule is N#C[C@H]1C(=O)NC(=S)NC12CCCC2. The molecule has 1 amide bonds. The molecule has 4 nitrogen and oxygen atoms in total. The Morgan fingerprint density at radius 1 is 1.50 bits per heavy atom. The first-order valence-corrected chi connectivity index (χ1v) is 5.11. The van der Waals surface area contributed by atoms with E-state index in [4.69, 9.17) is 17.5 Å². The van der Waals surface area contributed by atoms with Gasteiger partial charge in [-0.1, -0.05) is 12.8 Å². The van der Waals surface area contributed by atoms with Crippen molar-refractivity contribution in [1.82, 2.24) is 10.6 Å². The second-order valence-corrected chi connectivity index (χ2v) is 4.28. The number of hydrogen-bond donors (Lipinski definition) is 2. The summed E-state index contributed by atoms with van der Waals surface area (Å²) in [5.41, 5.74) is -0.381. The van der Waals surface area contributed by atoms with E-state index < -0.39 is 5.92 Å². The van der Waals surface area contributed by atoms with E-state index in [0.29, 0.717) is 5.11 Å². The van der Waals surface area contributed by atoms with Crippen molar-refractivity contribution >= 4 is 23.2 Å². The standard InChI is InChI=1S/C9H11N3OS/c10-5-6-7(13)11-8(14)12-9(6)3-1-2-4-9/h6H,1-4H2,(H2,11,12,13,14)/t6-/m0/s1. The first-order valence-electron chi connectivity index (χ1n) is 4.70. The summed E-state index contributed by atoms with van der Waals surface area (Å²) in [6.45, 7) is 0. The molecule has 0 bridgehead atoms. The summed E-state index contributed by atoms with van der Waals surface area (Å²) in [7, 11) is 0. The first kappa shape index (κ1) is 9.41. The molecule has 14 heavy (non-hydrogen) atoms. The van der Waals surface area contributed by atoms with Crippen LogP contribution in [0.1, 0.15) is 25.7 Å². The van der Waals surface area contributed by atoms with Gasteiger partial charge in [0.2, 0.25) is 5.91 Å². The number of carbonyl (C=O) groups excluding carboxylic acids is 1. The fourth-order valence-electron chi connectivity index (χ4n) is 2.37. The van der Waals surface area contributed by atoms with Gasteiger partial charge in [-0.15, -0.1) is 0 Å². The van der Waals surface area contributed by atoms with Gasteiger partial charge in [-0.25, -0.2) is 0 Å². The van der Waals surface area contributed by atoms with E-state index in [1.807, 2.05) is 0 Å². The summed E-state index contributed by atoms with van der Waals surface area (Å²) in [4.78, 5) is 11.5. The van der Waals surface area contributed by atoms with Gasteiger partial charge in [0.1, 0.15) is 5.92 Å². The maximum atomic E-state index is 11.5. The molecule has 0 unspecified atom stereocenters. The molecule has 74 valence electrons. The number of rotatable bonds is 0. The van der Waals surface area contributed by atoms with Crippen molar-refractivity contribution in [2.45, 2.75) is 31.2 Å². The van der Waals surface area contributed by atoms with Crippen LogP contribution in [0.2, 0.25) is 0 Å². The van der Waals surface area contributed by atoms with E-state index in [1.54, 1.807) is 0 Å². The summed E-state index contributed by atoms with van der Waals surface area (Å²) in [5.74, 6) is -0.852. The predicted molar refractivity (Wildman–Crippen MR) is 54.2 cm³/mol. The van der Waals surface area contributed by atoms with E-state index in [1.165, 1.54) is 0 Å². The fraction of sp³-hybridized carbons (Fsp3) is 0.667. The minimum absolute atomic E-state index is 0.252. The van der Waals surface area contributed by atoms with Crippen LogP contribution >= 0.6 is 12.2 Å². The molecule has 1 spiro atoms. The molecule has 0 aromatic carbocycles. The Morgan fingerprint density at radius 3 is 2.71 bits per heavy atom. The third-order valence-electron chi connectivity index (χ3n) is 3.04. The van der Waals surface area contributed by atoms with Gasteiger partial charge in [0.05, 0.1) is 11.6 Å². The summed E-state index contributed by atoms with van der Waals surface area (Å²) >= 11 is 4.94. The molecule has 1 saturated heterocycles. The molecule has 2 aliphatic rings. The Kier molecular flexibility index (Phi) is 2.16. The molecule has 0 aromatic heterocycles. The lowest BCUT2D eigenvalue weighted by Crippen LogP contribution is -2.64. The molecule has 1 heterocycles. The van der Waals surface area contributed by atoms with Crippen molar-refractivity contribution in [3.8, 4) is 6.07 Å². The van der Waals surface area contributed by atoms with Crippen LogP contribution in [0, 0.1) is 17.2 Å². The number of nitrogens with zero attached hydrogens (tertiary/aromatic N) is 1. The Labute approximate surface area is 87.7 Å². The lowest BCUT2D eigenvalue weighted by molar-refractivity contribution is -0.124. The summed E-state index contributed by atoms with van der Waals surface area (Å²) in [6.07, 6.45) is 3.83. The molecule has 1 aliphatic heterocycles. The Morgan fingerprint density at radius 2 is 2.14 bits per heavy atom. The van der Waals surface area contributed by atoms with Crippen LogP contribution in [0.4, 0.5) is 0 Å². The third-order valence-corrected chi connectivity index (χ3v) is 3.24. The number of thiocarbonyl (C=S) groups is 1. The maximum Gasteiger partial charge on any atom is 0.245 e. The molecule has 1 aliphatic carbocycles. The number of nitrogens with one attached hydrogen (secondary N) is 2. The van der Waals surface area contributed by atoms with Gasteiger partial charge in [0, 0.05) is 0 Å². The zero-order valence-electron chi connectivity index (χ0n) is 7.67. The summed E-state index contributed by atoms with van der Waals surface area (Å²) < 4.78 is 0. The quantitative estimate of drug-likeness (QED) is 0.568. The van der Waals surface area contributed by atoms with Gasteiger partial charge >= 0.3 is 0 Å². The van der Waals surface area contributed by atoms with E-state index in [9.17, 15) is 4.79 Å². The summed E-state index contributed by atoms with van der Waals surface area (Å²) in [5, 5.41) is 14.9. The molecular weight excluding hydrogens is 198 g/mol. The van der Waals surface area contributed by atoms with Crippen molar-refractivity contribution in [1.29, 1.82) is 5.26 Å². The van der Waals surface area contributed by atoms with E-state index >= 15 is 0 Å². The van der Waals surface area contributed by atoms with Crippen molar-refractivity contribution in [2.75, 3.05) is 0 Å². The van der Waals surface area contributed by atoms with Gasteiger partial charge in [-0.3, -0.25) is 4.79 Å². The van der Waals surface area contributed by atoms with Crippen LogP contribution in [0.3, 0.4) is 0 Å². The van der Waals surface area contributed by atoms with Crippen LogP contribution < -0.4 is 10.6 Å². The maximum absolute atomic E-state index is 11.5. The smallest absolute Gasteiger partial charge is 0.245 e. The molecule has 2 N–H and O–H groups in total. The van der Waals surface area contributed by atoms with Crippen LogP contribution in [-0.2, 0) is 4.79 Å². The van der Waals surface area contributed by atoms with Crippen LogP contribution in [0.15, 0.2) is 0 Å². The third kappa shape index (κ3) is 1.26. The molecule has 5 heteroatoms. The largest absolute Gasteiger partial charge is 0.355 e. The molecule has 1 saturated carbocycles. The fourth-order valence-corrected chi connectivity index (χ4v) is 2.67. The number of hydrogen-bond acceptors (Lipinski definition) is 3.